The van der Waals surface area contributed by atoms with Gasteiger partial charge in [0.15, 0.2) is 0 Å². The minimum atomic E-state index is -6.00. The normalized spacial score (nSPS) is 13.4. The number of aryl methyl sites for hydroxylation is 4. The molecule has 0 aliphatic carbocycles. The summed E-state index contributed by atoms with van der Waals surface area (Å²) >= 11 is 0. The van der Waals surface area contributed by atoms with Crippen LogP contribution in [0.25, 0.3) is 0 Å². The number of hydrogen-bond acceptors (Lipinski definition) is 3. The van der Waals surface area contributed by atoms with E-state index in [1.165, 1.54) is 27.7 Å². The van der Waals surface area contributed by atoms with Crippen molar-refractivity contribution in [2.45, 2.75) is 77.4 Å². The number of hydrogen-bond donors (Lipinski definition) is 2. The van der Waals surface area contributed by atoms with Crippen LogP contribution in [0.2, 0.25) is 0 Å². The van der Waals surface area contributed by atoms with Crippen LogP contribution < -0.4 is 11.5 Å². The Morgan fingerprint density at radius 3 is 0.971 bits per heavy atom. The van der Waals surface area contributed by atoms with E-state index in [1.54, 1.807) is 0 Å². The van der Waals surface area contributed by atoms with E-state index in [0.29, 0.717) is 24.3 Å². The third kappa shape index (κ3) is 5.05. The lowest BCUT2D eigenvalue weighted by atomic mass is 9.95. The number of nitrogen functional groups attached to an aromatic ring is 2. The van der Waals surface area contributed by atoms with E-state index in [9.17, 15) is 35.1 Å². The number of rotatable bonds is 10. The van der Waals surface area contributed by atoms with Crippen molar-refractivity contribution in [1.82, 2.24) is 0 Å². The molecule has 2 aromatic carbocycles. The van der Waals surface area contributed by atoms with Crippen molar-refractivity contribution in [1.29, 1.82) is 0 Å². The minimum Gasteiger partial charge on any atom is -0.398 e. The van der Waals surface area contributed by atoms with E-state index in [-0.39, 0.29) is 59.3 Å². The molecule has 11 heteroatoms. The Bertz CT molecular complexity index is 936. The van der Waals surface area contributed by atoms with Crippen LogP contribution in [0.5, 0.6) is 0 Å². The zero-order valence-electron chi connectivity index (χ0n) is 19.7. The first-order valence-electron chi connectivity index (χ1n) is 11.0. The van der Waals surface area contributed by atoms with Gasteiger partial charge in [0.1, 0.15) is 0 Å². The van der Waals surface area contributed by atoms with Crippen molar-refractivity contribution in [3.05, 3.63) is 57.6 Å². The Kier molecular flexibility index (Phi) is 8.05. The fourth-order valence-electron chi connectivity index (χ4n) is 3.72. The number of anilines is 2. The van der Waals surface area contributed by atoms with E-state index >= 15 is 0 Å². The maximum absolute atomic E-state index is 14.8. The van der Waals surface area contributed by atoms with E-state index in [0.717, 1.165) is 0 Å². The predicted molar refractivity (Wildman–Crippen MR) is 118 cm³/mol. The number of alkyl halides is 8. The summed E-state index contributed by atoms with van der Waals surface area (Å²) in [6, 6.07) is 2.51. The highest BCUT2D eigenvalue weighted by Gasteiger charge is 2.70. The highest BCUT2D eigenvalue weighted by Crippen LogP contribution is 2.52. The van der Waals surface area contributed by atoms with Crippen LogP contribution in [0.3, 0.4) is 0 Å². The Labute approximate surface area is 198 Å². The molecule has 0 fully saturated rings. The average molecular weight is 512 g/mol. The Morgan fingerprint density at radius 1 is 0.543 bits per heavy atom. The molecule has 35 heavy (non-hydrogen) atoms. The van der Waals surface area contributed by atoms with Gasteiger partial charge >= 0.3 is 24.1 Å². The molecule has 0 saturated heterocycles. The Balaban J connectivity index is 2.54. The molecule has 0 bridgehead atoms. The molecule has 2 rings (SSSR count). The largest absolute Gasteiger partial charge is 0.428 e. The van der Waals surface area contributed by atoms with Gasteiger partial charge in [0.25, 0.3) is 0 Å². The third-order valence-electron chi connectivity index (χ3n) is 5.94. The van der Waals surface area contributed by atoms with Crippen molar-refractivity contribution in [2.24, 2.45) is 0 Å². The molecule has 0 heterocycles. The van der Waals surface area contributed by atoms with Gasteiger partial charge in [0.2, 0.25) is 0 Å². The molecule has 0 amide bonds. The van der Waals surface area contributed by atoms with Crippen LogP contribution in [-0.2, 0) is 42.3 Å². The maximum Gasteiger partial charge on any atom is 0.428 e. The van der Waals surface area contributed by atoms with Gasteiger partial charge in [-0.25, -0.2) is 4.74 Å². The Morgan fingerprint density at radius 2 is 0.771 bits per heavy atom. The second kappa shape index (κ2) is 9.83. The smallest absolute Gasteiger partial charge is 0.398 e. The molecule has 0 aromatic heterocycles. The minimum absolute atomic E-state index is 0.0768. The van der Waals surface area contributed by atoms with Gasteiger partial charge in [-0.05, 0) is 72.2 Å². The van der Waals surface area contributed by atoms with Crippen LogP contribution in [0.15, 0.2) is 24.3 Å². The first kappa shape index (κ1) is 28.7. The standard InChI is InChI=1S/C24H28F8N2O/c1-5-13-9-17(10-14(6-2)19(13)33)21(25,26)23(29,30)35-24(31,32)22(27,28)18-11-15(7-3)20(34)16(8-4)12-18/h9-12H,5-8,33-34H2,1-4H3. The molecule has 4 N–H and O–H groups in total. The topological polar surface area (TPSA) is 61.3 Å². The Hall–Kier alpha value is -2.56. The van der Waals surface area contributed by atoms with Crippen LogP contribution in [0.4, 0.5) is 46.5 Å². The highest BCUT2D eigenvalue weighted by atomic mass is 19.3. The summed E-state index contributed by atoms with van der Waals surface area (Å²) < 4.78 is 120. The summed E-state index contributed by atoms with van der Waals surface area (Å²) in [6.45, 7) is 6.10. The fourth-order valence-corrected chi connectivity index (χ4v) is 3.72. The van der Waals surface area contributed by atoms with Crippen molar-refractivity contribution in [3.63, 3.8) is 0 Å². The molecule has 0 saturated carbocycles. The second-order valence-electron chi connectivity index (χ2n) is 8.11. The van der Waals surface area contributed by atoms with Crippen molar-refractivity contribution in [3.8, 4) is 0 Å². The average Bonchev–Trinajstić information content (AvgIpc) is 2.78. The molecular weight excluding hydrogens is 484 g/mol. The van der Waals surface area contributed by atoms with Crippen LogP contribution in [0, 0.1) is 0 Å². The van der Waals surface area contributed by atoms with Gasteiger partial charge in [-0.3, -0.25) is 0 Å². The molecular formula is C24H28F8N2O. The summed E-state index contributed by atoms with van der Waals surface area (Å²) in [5, 5.41) is 0. The summed E-state index contributed by atoms with van der Waals surface area (Å²) in [7, 11) is 0. The first-order valence-corrected chi connectivity index (χ1v) is 11.0. The lowest BCUT2D eigenvalue weighted by Gasteiger charge is -2.34. The van der Waals surface area contributed by atoms with E-state index < -0.39 is 35.2 Å². The molecule has 196 valence electrons. The van der Waals surface area contributed by atoms with Gasteiger partial charge in [-0.1, -0.05) is 27.7 Å². The van der Waals surface area contributed by atoms with Gasteiger partial charge in [-0.2, -0.15) is 35.1 Å². The third-order valence-corrected chi connectivity index (χ3v) is 5.94. The van der Waals surface area contributed by atoms with Crippen LogP contribution in [0.1, 0.15) is 61.1 Å². The van der Waals surface area contributed by atoms with E-state index in [1.807, 2.05) is 0 Å². The lowest BCUT2D eigenvalue weighted by molar-refractivity contribution is -0.474. The summed E-state index contributed by atoms with van der Waals surface area (Å²) in [6.07, 6.45) is -11.7. The molecule has 0 radical (unpaired) electrons. The van der Waals surface area contributed by atoms with Crippen LogP contribution in [-0.4, -0.2) is 12.2 Å². The van der Waals surface area contributed by atoms with Crippen molar-refractivity contribution < 1.29 is 39.9 Å². The fraction of sp³-hybridized carbons (Fsp3) is 0.500. The number of halogens is 8. The van der Waals surface area contributed by atoms with E-state index in [4.69, 9.17) is 11.5 Å². The SMILES string of the molecule is CCc1cc(C(F)(F)C(F)(F)OC(F)(F)C(F)(F)c2cc(CC)c(N)c(CC)c2)cc(CC)c1N. The molecule has 2 aromatic rings. The molecule has 3 nitrogen and oxygen atoms in total. The monoisotopic (exact) mass is 512 g/mol. The molecule has 0 unspecified atom stereocenters. The zero-order valence-corrected chi connectivity index (χ0v) is 19.7. The summed E-state index contributed by atoms with van der Waals surface area (Å²) in [5.74, 6) is -10.8. The van der Waals surface area contributed by atoms with Gasteiger partial charge < -0.3 is 11.5 Å². The zero-order chi connectivity index (χ0) is 27.0. The number of nitrogens with two attached hydrogens (primary N) is 2. The predicted octanol–water partition coefficient (Wildman–Crippen LogP) is 7.19. The molecule has 0 spiro atoms. The van der Waals surface area contributed by atoms with Gasteiger partial charge in [0.05, 0.1) is 0 Å². The van der Waals surface area contributed by atoms with E-state index in [2.05, 4.69) is 4.74 Å². The van der Waals surface area contributed by atoms with Crippen molar-refractivity contribution >= 4 is 11.4 Å². The highest BCUT2D eigenvalue weighted by molar-refractivity contribution is 5.57. The first-order chi connectivity index (χ1) is 16.0. The van der Waals surface area contributed by atoms with Gasteiger partial charge in [-0.15, -0.1) is 0 Å². The lowest BCUT2D eigenvalue weighted by Crippen LogP contribution is -2.51. The molecule has 0 atom stereocenters. The van der Waals surface area contributed by atoms with Crippen LogP contribution >= 0.6 is 0 Å². The maximum atomic E-state index is 14.8. The van der Waals surface area contributed by atoms with Gasteiger partial charge in [0, 0.05) is 22.5 Å². The quantitative estimate of drug-likeness (QED) is 0.262. The summed E-state index contributed by atoms with van der Waals surface area (Å²) in [4.78, 5) is 0. The molecule has 0 aliphatic heterocycles. The summed E-state index contributed by atoms with van der Waals surface area (Å²) in [5.41, 5.74) is 9.37. The second-order valence-corrected chi connectivity index (χ2v) is 8.11. The number of benzene rings is 2. The molecule has 0 aliphatic rings. The van der Waals surface area contributed by atoms with Crippen molar-refractivity contribution in [2.75, 3.05) is 11.5 Å². The number of ether oxygens (including phenoxy) is 1.